The quantitative estimate of drug-likeness (QED) is 0.782. The van der Waals surface area contributed by atoms with Crippen LogP contribution in [0.3, 0.4) is 0 Å². The van der Waals surface area contributed by atoms with Crippen molar-refractivity contribution in [1.82, 2.24) is 20.4 Å². The molecule has 2 saturated heterocycles. The lowest BCUT2D eigenvalue weighted by atomic mass is 10.2. The number of carbonyl (C=O) groups is 2. The Morgan fingerprint density at radius 2 is 1.90 bits per heavy atom. The molecular weight excluding hydrogens is 312 g/mol. The number of halogens is 1. The molecule has 0 spiro atoms. The standard InChI is InChI=1S/C13H24N4O2S.ClH/c1-2-14-13(19)17-6-4-16(5-7-17)12(18)9-11-10-20-8-3-15-11;/h11,15H,2-10H2,1H3,(H,14,19);1H. The summed E-state index contributed by atoms with van der Waals surface area (Å²) in [4.78, 5) is 27.6. The van der Waals surface area contributed by atoms with E-state index in [2.05, 4.69) is 10.6 Å². The molecule has 1 unspecified atom stereocenters. The Kier molecular flexibility index (Phi) is 8.21. The van der Waals surface area contributed by atoms with Crippen molar-refractivity contribution in [3.05, 3.63) is 0 Å². The first-order valence-electron chi connectivity index (χ1n) is 7.32. The van der Waals surface area contributed by atoms with Gasteiger partial charge in [0, 0.05) is 63.2 Å². The van der Waals surface area contributed by atoms with Gasteiger partial charge in [0.15, 0.2) is 0 Å². The number of rotatable bonds is 3. The first kappa shape index (κ1) is 18.4. The maximum Gasteiger partial charge on any atom is 0.317 e. The highest BCUT2D eigenvalue weighted by molar-refractivity contribution is 7.99. The van der Waals surface area contributed by atoms with Gasteiger partial charge in [0.2, 0.25) is 5.91 Å². The summed E-state index contributed by atoms with van der Waals surface area (Å²) in [5.74, 6) is 2.36. The van der Waals surface area contributed by atoms with E-state index in [0.29, 0.717) is 45.2 Å². The van der Waals surface area contributed by atoms with Crippen LogP contribution in [0.1, 0.15) is 13.3 Å². The first-order valence-corrected chi connectivity index (χ1v) is 8.48. The molecule has 0 bridgehead atoms. The molecular formula is C13H25ClN4O2S. The molecule has 6 nitrogen and oxygen atoms in total. The summed E-state index contributed by atoms with van der Waals surface area (Å²) in [6.07, 6.45) is 0.578. The van der Waals surface area contributed by atoms with E-state index in [9.17, 15) is 9.59 Å². The van der Waals surface area contributed by atoms with E-state index in [0.717, 1.165) is 18.1 Å². The lowest BCUT2D eigenvalue weighted by Gasteiger charge is -2.35. The van der Waals surface area contributed by atoms with Gasteiger partial charge >= 0.3 is 6.03 Å². The zero-order valence-corrected chi connectivity index (χ0v) is 14.1. The smallest absolute Gasteiger partial charge is 0.317 e. The van der Waals surface area contributed by atoms with Crippen LogP contribution in [-0.4, -0.2) is 78.6 Å². The summed E-state index contributed by atoms with van der Waals surface area (Å²) < 4.78 is 0. The van der Waals surface area contributed by atoms with Crippen molar-refractivity contribution in [2.45, 2.75) is 19.4 Å². The minimum Gasteiger partial charge on any atom is -0.339 e. The number of hydrogen-bond acceptors (Lipinski definition) is 4. The van der Waals surface area contributed by atoms with Gasteiger partial charge in [-0.1, -0.05) is 0 Å². The van der Waals surface area contributed by atoms with E-state index in [1.807, 2.05) is 23.6 Å². The van der Waals surface area contributed by atoms with Crippen molar-refractivity contribution >= 4 is 36.1 Å². The number of piperazine rings is 1. The van der Waals surface area contributed by atoms with E-state index in [-0.39, 0.29) is 24.3 Å². The predicted octanol–water partition coefficient (Wildman–Crippen LogP) is 0.377. The monoisotopic (exact) mass is 336 g/mol. The van der Waals surface area contributed by atoms with Crippen LogP contribution in [0.4, 0.5) is 4.79 Å². The maximum atomic E-state index is 12.2. The van der Waals surface area contributed by atoms with Crippen LogP contribution < -0.4 is 10.6 Å². The normalized spacial score (nSPS) is 22.4. The summed E-state index contributed by atoms with van der Waals surface area (Å²) in [5.41, 5.74) is 0. The fourth-order valence-corrected chi connectivity index (χ4v) is 3.46. The summed E-state index contributed by atoms with van der Waals surface area (Å²) in [7, 11) is 0. The van der Waals surface area contributed by atoms with E-state index in [1.54, 1.807) is 4.90 Å². The molecule has 3 amide bonds. The molecule has 2 fully saturated rings. The minimum atomic E-state index is -0.0232. The molecule has 21 heavy (non-hydrogen) atoms. The Morgan fingerprint density at radius 3 is 2.48 bits per heavy atom. The molecule has 0 saturated carbocycles. The molecule has 8 heteroatoms. The molecule has 0 aromatic carbocycles. The molecule has 2 rings (SSSR count). The summed E-state index contributed by atoms with van der Waals surface area (Å²) in [6.45, 7) is 6.10. The maximum absolute atomic E-state index is 12.2. The van der Waals surface area contributed by atoms with Gasteiger partial charge in [-0.25, -0.2) is 4.79 Å². The molecule has 2 N–H and O–H groups in total. The van der Waals surface area contributed by atoms with Gasteiger partial charge in [-0.2, -0.15) is 11.8 Å². The Morgan fingerprint density at radius 1 is 1.24 bits per heavy atom. The number of hydrogen-bond donors (Lipinski definition) is 2. The highest BCUT2D eigenvalue weighted by Gasteiger charge is 2.26. The second kappa shape index (κ2) is 9.38. The highest BCUT2D eigenvalue weighted by Crippen LogP contribution is 2.12. The summed E-state index contributed by atoms with van der Waals surface area (Å²) >= 11 is 1.91. The number of nitrogens with zero attached hydrogens (tertiary/aromatic N) is 2. The van der Waals surface area contributed by atoms with Crippen molar-refractivity contribution in [2.24, 2.45) is 0 Å². The second-order valence-corrected chi connectivity index (χ2v) is 6.28. The molecule has 1 atom stereocenters. The third-order valence-corrected chi connectivity index (χ3v) is 4.80. The van der Waals surface area contributed by atoms with Crippen LogP contribution in [0, 0.1) is 0 Å². The number of amides is 3. The first-order chi connectivity index (χ1) is 9.70. The van der Waals surface area contributed by atoms with Gasteiger partial charge in [0.25, 0.3) is 0 Å². The number of urea groups is 1. The molecule has 0 aliphatic carbocycles. The zero-order valence-electron chi connectivity index (χ0n) is 12.5. The largest absolute Gasteiger partial charge is 0.339 e. The fraction of sp³-hybridized carbons (Fsp3) is 0.846. The van der Waals surface area contributed by atoms with E-state index in [1.165, 1.54) is 0 Å². The predicted molar refractivity (Wildman–Crippen MR) is 88.2 cm³/mol. The Labute approximate surface area is 136 Å². The molecule has 2 heterocycles. The van der Waals surface area contributed by atoms with Crippen molar-refractivity contribution in [3.8, 4) is 0 Å². The van der Waals surface area contributed by atoms with Crippen LogP contribution in [0.5, 0.6) is 0 Å². The van der Waals surface area contributed by atoms with Crippen molar-refractivity contribution in [1.29, 1.82) is 0 Å². The van der Waals surface area contributed by atoms with Gasteiger partial charge < -0.3 is 20.4 Å². The average Bonchev–Trinajstić information content (AvgIpc) is 2.48. The highest BCUT2D eigenvalue weighted by atomic mass is 35.5. The lowest BCUT2D eigenvalue weighted by molar-refractivity contribution is -0.133. The second-order valence-electron chi connectivity index (χ2n) is 5.13. The average molecular weight is 337 g/mol. The minimum absolute atomic E-state index is 0. The molecule has 0 aromatic rings. The number of carbonyl (C=O) groups excluding carboxylic acids is 2. The Hall–Kier alpha value is -0.660. The summed E-state index contributed by atoms with van der Waals surface area (Å²) in [6, 6.07) is 0.285. The zero-order chi connectivity index (χ0) is 14.4. The van der Waals surface area contributed by atoms with E-state index < -0.39 is 0 Å². The topological polar surface area (TPSA) is 64.7 Å². The van der Waals surface area contributed by atoms with Gasteiger partial charge in [-0.05, 0) is 6.92 Å². The van der Waals surface area contributed by atoms with Gasteiger partial charge in [-0.3, -0.25) is 4.79 Å². The van der Waals surface area contributed by atoms with Gasteiger partial charge in [-0.15, -0.1) is 12.4 Å². The van der Waals surface area contributed by atoms with Crippen LogP contribution in [0.25, 0.3) is 0 Å². The van der Waals surface area contributed by atoms with Crippen LogP contribution in [0.15, 0.2) is 0 Å². The van der Waals surface area contributed by atoms with E-state index in [4.69, 9.17) is 0 Å². The van der Waals surface area contributed by atoms with Crippen LogP contribution in [-0.2, 0) is 4.79 Å². The van der Waals surface area contributed by atoms with Crippen molar-refractivity contribution in [2.75, 3.05) is 50.8 Å². The van der Waals surface area contributed by atoms with Gasteiger partial charge in [0.1, 0.15) is 0 Å². The van der Waals surface area contributed by atoms with E-state index >= 15 is 0 Å². The molecule has 2 aliphatic rings. The van der Waals surface area contributed by atoms with Crippen LogP contribution in [0.2, 0.25) is 0 Å². The van der Waals surface area contributed by atoms with Crippen molar-refractivity contribution in [3.63, 3.8) is 0 Å². The molecule has 0 radical (unpaired) electrons. The third kappa shape index (κ3) is 5.56. The lowest BCUT2D eigenvalue weighted by Crippen LogP contribution is -2.54. The van der Waals surface area contributed by atoms with Crippen molar-refractivity contribution < 1.29 is 9.59 Å². The SMILES string of the molecule is CCNC(=O)N1CCN(C(=O)CC2CSCCN2)CC1.Cl. The molecule has 0 aromatic heterocycles. The fourth-order valence-electron chi connectivity index (χ4n) is 2.51. The Bertz CT molecular complexity index is 345. The number of thioether (sulfide) groups is 1. The third-order valence-electron chi connectivity index (χ3n) is 3.67. The van der Waals surface area contributed by atoms with Gasteiger partial charge in [0.05, 0.1) is 0 Å². The Balaban J connectivity index is 0.00000220. The summed E-state index contributed by atoms with van der Waals surface area (Å²) in [5, 5.41) is 6.19. The molecule has 122 valence electrons. The van der Waals surface area contributed by atoms with Crippen LogP contribution >= 0.6 is 24.2 Å². The molecule has 2 aliphatic heterocycles. The number of nitrogens with one attached hydrogen (secondary N) is 2.